The van der Waals surface area contributed by atoms with Gasteiger partial charge in [-0.15, -0.1) is 0 Å². The van der Waals surface area contributed by atoms with Gasteiger partial charge in [0.25, 0.3) is 0 Å². The summed E-state index contributed by atoms with van der Waals surface area (Å²) in [6.45, 7) is 0. The van der Waals surface area contributed by atoms with Gasteiger partial charge in [-0.1, -0.05) is 34.1 Å². The number of fused-ring (bicyclic) bond motifs is 4. The monoisotopic (exact) mass is 325 g/mol. The van der Waals surface area contributed by atoms with Gasteiger partial charge in [0.15, 0.2) is 5.43 Å². The van der Waals surface area contributed by atoms with Crippen molar-refractivity contribution in [2.24, 2.45) is 0 Å². The lowest BCUT2D eigenvalue weighted by molar-refractivity contribution is 0.923. The predicted molar refractivity (Wildman–Crippen MR) is 85.1 cm³/mol. The maximum absolute atomic E-state index is 12.6. The van der Waals surface area contributed by atoms with Crippen LogP contribution in [-0.4, -0.2) is 4.98 Å². The predicted octanol–water partition coefficient (Wildman–Crippen LogP) is 4.06. The topological polar surface area (TPSA) is 32.9 Å². The second-order valence-corrected chi connectivity index (χ2v) is 6.07. The summed E-state index contributed by atoms with van der Waals surface area (Å²) in [6, 6.07) is 14.0. The Hall–Kier alpha value is -1.87. The average Bonchev–Trinajstić information content (AvgIpc) is 2.47. The van der Waals surface area contributed by atoms with E-state index < -0.39 is 0 Å². The second-order valence-electron chi connectivity index (χ2n) is 5.15. The highest BCUT2D eigenvalue weighted by molar-refractivity contribution is 9.10. The third-order valence-corrected chi connectivity index (χ3v) is 4.48. The van der Waals surface area contributed by atoms with Crippen molar-refractivity contribution >= 4 is 26.8 Å². The van der Waals surface area contributed by atoms with Gasteiger partial charge in [-0.2, -0.15) is 0 Å². The Morgan fingerprint density at radius 1 is 1.05 bits per heavy atom. The van der Waals surface area contributed by atoms with Gasteiger partial charge in [-0.25, -0.2) is 0 Å². The summed E-state index contributed by atoms with van der Waals surface area (Å²) in [5.41, 5.74) is 5.42. The van der Waals surface area contributed by atoms with Crippen molar-refractivity contribution in [3.8, 4) is 11.3 Å². The van der Waals surface area contributed by atoms with Crippen LogP contribution in [0.3, 0.4) is 0 Å². The van der Waals surface area contributed by atoms with Gasteiger partial charge in [0.2, 0.25) is 0 Å². The zero-order chi connectivity index (χ0) is 13.7. The number of hydrogen-bond acceptors (Lipinski definition) is 1. The maximum atomic E-state index is 12.6. The van der Waals surface area contributed by atoms with Crippen molar-refractivity contribution in [3.05, 3.63) is 68.3 Å². The van der Waals surface area contributed by atoms with Crippen molar-refractivity contribution in [2.45, 2.75) is 12.8 Å². The van der Waals surface area contributed by atoms with Gasteiger partial charge in [0.05, 0.1) is 5.69 Å². The molecule has 0 atom stereocenters. The quantitative estimate of drug-likeness (QED) is 0.664. The Morgan fingerprint density at radius 2 is 1.90 bits per heavy atom. The molecule has 2 aromatic carbocycles. The summed E-state index contributed by atoms with van der Waals surface area (Å²) in [5.74, 6) is 0. The molecule has 1 aliphatic rings. The van der Waals surface area contributed by atoms with Crippen molar-refractivity contribution < 1.29 is 0 Å². The van der Waals surface area contributed by atoms with Crippen LogP contribution in [0.15, 0.2) is 51.7 Å². The molecule has 98 valence electrons. The molecule has 0 unspecified atom stereocenters. The third kappa shape index (κ3) is 1.66. The minimum absolute atomic E-state index is 0.169. The number of pyridine rings is 1. The molecular formula is C17H12BrNO. The Morgan fingerprint density at radius 3 is 2.80 bits per heavy atom. The molecule has 0 aliphatic heterocycles. The average molecular weight is 326 g/mol. The number of para-hydroxylation sites is 1. The molecule has 0 fully saturated rings. The number of halogens is 1. The van der Waals surface area contributed by atoms with Crippen LogP contribution in [0.1, 0.15) is 11.1 Å². The van der Waals surface area contributed by atoms with Crippen molar-refractivity contribution in [1.82, 2.24) is 4.98 Å². The van der Waals surface area contributed by atoms with E-state index in [1.54, 1.807) is 0 Å². The Labute approximate surface area is 124 Å². The van der Waals surface area contributed by atoms with Crippen LogP contribution >= 0.6 is 15.9 Å². The fourth-order valence-electron chi connectivity index (χ4n) is 3.02. The van der Waals surface area contributed by atoms with Crippen LogP contribution < -0.4 is 5.43 Å². The molecule has 3 aromatic rings. The van der Waals surface area contributed by atoms with Crippen LogP contribution in [-0.2, 0) is 12.8 Å². The molecule has 0 saturated carbocycles. The first-order valence-electron chi connectivity index (χ1n) is 6.67. The fraction of sp³-hybridized carbons (Fsp3) is 0.118. The molecule has 1 heterocycles. The molecule has 0 saturated heterocycles. The Bertz CT molecular complexity index is 895. The van der Waals surface area contributed by atoms with Gasteiger partial charge >= 0.3 is 0 Å². The number of aryl methyl sites for hydroxylation is 1. The first-order valence-corrected chi connectivity index (χ1v) is 7.46. The van der Waals surface area contributed by atoms with Gasteiger partial charge in [0.1, 0.15) is 0 Å². The molecule has 2 nitrogen and oxygen atoms in total. The number of hydrogen-bond donors (Lipinski definition) is 1. The first kappa shape index (κ1) is 11.9. The molecule has 1 aromatic heterocycles. The third-order valence-electron chi connectivity index (χ3n) is 3.99. The van der Waals surface area contributed by atoms with Crippen molar-refractivity contribution in [3.63, 3.8) is 0 Å². The Balaban J connectivity index is 2.11. The number of benzene rings is 2. The minimum Gasteiger partial charge on any atom is -0.354 e. The zero-order valence-corrected chi connectivity index (χ0v) is 12.3. The zero-order valence-electron chi connectivity index (χ0n) is 10.7. The van der Waals surface area contributed by atoms with Gasteiger partial charge in [-0.05, 0) is 42.7 Å². The Kier molecular flexibility index (Phi) is 2.57. The van der Waals surface area contributed by atoms with Crippen molar-refractivity contribution in [2.75, 3.05) is 0 Å². The van der Waals surface area contributed by atoms with Crippen LogP contribution in [0.5, 0.6) is 0 Å². The number of aromatic amines is 1. The van der Waals surface area contributed by atoms with E-state index in [0.717, 1.165) is 45.0 Å². The summed E-state index contributed by atoms with van der Waals surface area (Å²) < 4.78 is 1.09. The highest BCUT2D eigenvalue weighted by Crippen LogP contribution is 2.33. The molecule has 3 heteroatoms. The molecule has 4 rings (SSSR count). The summed E-state index contributed by atoms with van der Waals surface area (Å²) in [6.07, 6.45) is 1.72. The fourth-order valence-corrected chi connectivity index (χ4v) is 3.43. The maximum Gasteiger partial charge on any atom is 0.193 e. The molecule has 0 spiro atoms. The number of nitrogens with one attached hydrogen (secondary N) is 1. The van der Waals surface area contributed by atoms with Crippen molar-refractivity contribution in [1.29, 1.82) is 0 Å². The van der Waals surface area contributed by atoms with E-state index in [4.69, 9.17) is 0 Å². The highest BCUT2D eigenvalue weighted by Gasteiger charge is 2.20. The molecule has 1 N–H and O–H groups in total. The molecule has 0 radical (unpaired) electrons. The lowest BCUT2D eigenvalue weighted by Crippen LogP contribution is -2.17. The van der Waals surface area contributed by atoms with Crippen LogP contribution in [0.25, 0.3) is 22.2 Å². The molecule has 20 heavy (non-hydrogen) atoms. The molecule has 0 bridgehead atoms. The normalized spacial score (nSPS) is 13.1. The lowest BCUT2D eigenvalue weighted by Gasteiger charge is -2.20. The van der Waals surface area contributed by atoms with E-state index in [1.165, 1.54) is 5.56 Å². The van der Waals surface area contributed by atoms with Crippen LogP contribution in [0, 0.1) is 0 Å². The molecule has 0 amide bonds. The molecule has 1 aliphatic carbocycles. The second kappa shape index (κ2) is 4.32. The molecular weight excluding hydrogens is 314 g/mol. The minimum atomic E-state index is 0.169. The number of rotatable bonds is 0. The van der Waals surface area contributed by atoms with Crippen LogP contribution in [0.4, 0.5) is 0 Å². The SMILES string of the molecule is O=c1c2c([nH]c3ccccc13)-c1ccc(Br)cc1CC2. The van der Waals surface area contributed by atoms with Gasteiger partial charge in [-0.3, -0.25) is 4.79 Å². The number of aromatic nitrogens is 1. The highest BCUT2D eigenvalue weighted by atomic mass is 79.9. The summed E-state index contributed by atoms with van der Waals surface area (Å²) in [4.78, 5) is 16.1. The summed E-state index contributed by atoms with van der Waals surface area (Å²) in [7, 11) is 0. The van der Waals surface area contributed by atoms with E-state index >= 15 is 0 Å². The smallest absolute Gasteiger partial charge is 0.193 e. The first-order chi connectivity index (χ1) is 9.74. The van der Waals surface area contributed by atoms with E-state index in [-0.39, 0.29) is 5.43 Å². The van der Waals surface area contributed by atoms with E-state index in [2.05, 4.69) is 33.0 Å². The summed E-state index contributed by atoms with van der Waals surface area (Å²) >= 11 is 3.51. The lowest BCUT2D eigenvalue weighted by atomic mass is 9.88. The standard InChI is InChI=1S/C17H12BrNO/c18-11-6-8-12-10(9-11)5-7-14-16(12)19-15-4-2-1-3-13(15)17(14)20/h1-4,6,8-9H,5,7H2,(H,19,20). The van der Waals surface area contributed by atoms with Crippen LogP contribution in [0.2, 0.25) is 0 Å². The largest absolute Gasteiger partial charge is 0.354 e. The van der Waals surface area contributed by atoms with Gasteiger partial charge in [0, 0.05) is 26.5 Å². The van der Waals surface area contributed by atoms with E-state index in [9.17, 15) is 4.79 Å². The summed E-state index contributed by atoms with van der Waals surface area (Å²) in [5, 5.41) is 0.784. The number of H-pyrrole nitrogens is 1. The van der Waals surface area contributed by atoms with Gasteiger partial charge < -0.3 is 4.98 Å². The van der Waals surface area contributed by atoms with E-state index in [1.807, 2.05) is 30.3 Å². The van der Waals surface area contributed by atoms with E-state index in [0.29, 0.717) is 0 Å².